The highest BCUT2D eigenvalue weighted by molar-refractivity contribution is 7.97. The maximum atomic E-state index is 12.3. The van der Waals surface area contributed by atoms with Crippen molar-refractivity contribution in [2.75, 3.05) is 11.6 Å². The van der Waals surface area contributed by atoms with Gasteiger partial charge < -0.3 is 14.8 Å². The van der Waals surface area contributed by atoms with Crippen LogP contribution in [0.4, 0.5) is 5.69 Å². The van der Waals surface area contributed by atoms with Gasteiger partial charge in [0.15, 0.2) is 5.76 Å². The summed E-state index contributed by atoms with van der Waals surface area (Å²) in [7, 11) is 0. The lowest BCUT2D eigenvalue weighted by Crippen LogP contribution is -2.12. The number of anilines is 1. The smallest absolute Gasteiger partial charge is 0.339 e. The fourth-order valence-electron chi connectivity index (χ4n) is 2.09. The van der Waals surface area contributed by atoms with Crippen LogP contribution in [0.5, 0.6) is 0 Å². The normalized spacial score (nSPS) is 10.5. The Morgan fingerprint density at radius 3 is 2.64 bits per heavy atom. The molecular weight excluding hydrogens is 302 g/mol. The molecule has 0 saturated carbocycles. The SMILES string of the molecule is CCc1oc(C(=O)Nc2ccccc2CSC)cc1C(=O)O. The van der Waals surface area contributed by atoms with E-state index in [0.717, 1.165) is 11.3 Å². The van der Waals surface area contributed by atoms with Crippen LogP contribution in [-0.2, 0) is 12.2 Å². The summed E-state index contributed by atoms with van der Waals surface area (Å²) in [5.74, 6) is -0.462. The van der Waals surface area contributed by atoms with Gasteiger partial charge in [-0.05, 0) is 17.9 Å². The van der Waals surface area contributed by atoms with Gasteiger partial charge in [-0.25, -0.2) is 4.79 Å². The minimum absolute atomic E-state index is 0.00760. The van der Waals surface area contributed by atoms with Crippen molar-refractivity contribution in [3.05, 3.63) is 53.0 Å². The van der Waals surface area contributed by atoms with Crippen molar-refractivity contribution < 1.29 is 19.1 Å². The predicted molar refractivity (Wildman–Crippen MR) is 86.7 cm³/mol. The van der Waals surface area contributed by atoms with Gasteiger partial charge in [0.2, 0.25) is 0 Å². The van der Waals surface area contributed by atoms with Crippen LogP contribution in [0, 0.1) is 0 Å². The maximum Gasteiger partial charge on any atom is 0.339 e. The number of rotatable bonds is 6. The number of furan rings is 1. The molecule has 2 aromatic rings. The van der Waals surface area contributed by atoms with E-state index < -0.39 is 11.9 Å². The Bertz CT molecular complexity index is 693. The fraction of sp³-hybridized carbons (Fsp3) is 0.250. The van der Waals surface area contributed by atoms with Crippen molar-refractivity contribution in [1.82, 2.24) is 0 Å². The van der Waals surface area contributed by atoms with Crippen molar-refractivity contribution in [2.45, 2.75) is 19.1 Å². The van der Waals surface area contributed by atoms with Gasteiger partial charge in [0, 0.05) is 23.9 Å². The summed E-state index contributed by atoms with van der Waals surface area (Å²) in [6, 6.07) is 8.76. The number of benzene rings is 1. The number of nitrogens with one attached hydrogen (secondary N) is 1. The number of aromatic carboxylic acids is 1. The van der Waals surface area contributed by atoms with Gasteiger partial charge in [-0.2, -0.15) is 11.8 Å². The van der Waals surface area contributed by atoms with Gasteiger partial charge in [0.1, 0.15) is 11.3 Å². The van der Waals surface area contributed by atoms with Gasteiger partial charge in [-0.15, -0.1) is 0 Å². The maximum absolute atomic E-state index is 12.3. The van der Waals surface area contributed by atoms with Crippen molar-refractivity contribution in [3.8, 4) is 0 Å². The van der Waals surface area contributed by atoms with Crippen molar-refractivity contribution >= 4 is 29.3 Å². The second-order valence-corrected chi connectivity index (χ2v) is 5.52. The molecule has 2 rings (SSSR count). The minimum atomic E-state index is -1.09. The highest BCUT2D eigenvalue weighted by Crippen LogP contribution is 2.22. The number of hydrogen-bond acceptors (Lipinski definition) is 4. The molecular formula is C16H17NO4S. The Kier molecular flexibility index (Phi) is 5.27. The lowest BCUT2D eigenvalue weighted by atomic mass is 10.2. The fourth-order valence-corrected chi connectivity index (χ4v) is 2.65. The van der Waals surface area contributed by atoms with Crippen LogP contribution in [0.2, 0.25) is 0 Å². The molecule has 0 aliphatic heterocycles. The van der Waals surface area contributed by atoms with Crippen LogP contribution in [-0.4, -0.2) is 23.2 Å². The summed E-state index contributed by atoms with van der Waals surface area (Å²) >= 11 is 1.65. The first-order valence-electron chi connectivity index (χ1n) is 6.81. The zero-order chi connectivity index (χ0) is 16.1. The van der Waals surface area contributed by atoms with E-state index in [0.29, 0.717) is 17.9 Å². The average Bonchev–Trinajstić information content (AvgIpc) is 2.94. The molecule has 0 bridgehead atoms. The molecule has 5 nitrogen and oxygen atoms in total. The van der Waals surface area contributed by atoms with E-state index in [1.807, 2.05) is 30.5 Å². The third kappa shape index (κ3) is 3.51. The van der Waals surface area contributed by atoms with Gasteiger partial charge in [0.05, 0.1) is 0 Å². The molecule has 22 heavy (non-hydrogen) atoms. The highest BCUT2D eigenvalue weighted by Gasteiger charge is 2.20. The zero-order valence-electron chi connectivity index (χ0n) is 12.4. The molecule has 6 heteroatoms. The molecule has 0 fully saturated rings. The zero-order valence-corrected chi connectivity index (χ0v) is 13.2. The molecule has 0 unspecified atom stereocenters. The molecule has 0 aliphatic rings. The van der Waals surface area contributed by atoms with Crippen LogP contribution in [0.3, 0.4) is 0 Å². The number of carboxylic acid groups (broad SMARTS) is 1. The number of carboxylic acids is 1. The summed E-state index contributed by atoms with van der Waals surface area (Å²) in [6.45, 7) is 1.78. The third-order valence-corrected chi connectivity index (χ3v) is 3.75. The number of carbonyl (C=O) groups excluding carboxylic acids is 1. The summed E-state index contributed by atoms with van der Waals surface area (Å²) in [4.78, 5) is 23.4. The first-order valence-corrected chi connectivity index (χ1v) is 8.20. The Balaban J connectivity index is 2.24. The summed E-state index contributed by atoms with van der Waals surface area (Å²) < 4.78 is 5.36. The third-order valence-electron chi connectivity index (χ3n) is 3.15. The monoisotopic (exact) mass is 319 g/mol. The summed E-state index contributed by atoms with van der Waals surface area (Å²) in [6.07, 6.45) is 2.40. The quantitative estimate of drug-likeness (QED) is 0.849. The first kappa shape index (κ1) is 16.2. The number of thioether (sulfide) groups is 1. The average molecular weight is 319 g/mol. The second kappa shape index (κ2) is 7.17. The van der Waals surface area contributed by atoms with Crippen molar-refractivity contribution in [2.24, 2.45) is 0 Å². The van der Waals surface area contributed by atoms with E-state index in [1.165, 1.54) is 6.07 Å². The molecule has 1 amide bonds. The van der Waals surface area contributed by atoms with Crippen LogP contribution < -0.4 is 5.32 Å². The number of hydrogen-bond donors (Lipinski definition) is 2. The molecule has 0 atom stereocenters. The Morgan fingerprint density at radius 2 is 2.05 bits per heavy atom. The summed E-state index contributed by atoms with van der Waals surface area (Å²) in [5, 5.41) is 11.9. The van der Waals surface area contributed by atoms with E-state index >= 15 is 0 Å². The van der Waals surface area contributed by atoms with E-state index in [2.05, 4.69) is 5.32 Å². The van der Waals surface area contributed by atoms with E-state index in [-0.39, 0.29) is 11.3 Å². The first-order chi connectivity index (χ1) is 10.6. The van der Waals surface area contributed by atoms with Crippen molar-refractivity contribution in [1.29, 1.82) is 0 Å². The molecule has 1 heterocycles. The molecule has 0 spiro atoms. The number of carbonyl (C=O) groups is 2. The van der Waals surface area contributed by atoms with Crippen LogP contribution in [0.25, 0.3) is 0 Å². The van der Waals surface area contributed by atoms with Gasteiger partial charge >= 0.3 is 5.97 Å². The van der Waals surface area contributed by atoms with Crippen LogP contribution in [0.1, 0.15) is 39.2 Å². The minimum Gasteiger partial charge on any atom is -0.478 e. The molecule has 0 saturated heterocycles. The van der Waals surface area contributed by atoms with E-state index in [1.54, 1.807) is 18.7 Å². The van der Waals surface area contributed by atoms with Gasteiger partial charge in [-0.1, -0.05) is 25.1 Å². The molecule has 0 radical (unpaired) electrons. The van der Waals surface area contributed by atoms with E-state index in [4.69, 9.17) is 9.52 Å². The Hall–Kier alpha value is -2.21. The van der Waals surface area contributed by atoms with Gasteiger partial charge in [-0.3, -0.25) is 4.79 Å². The molecule has 2 N–H and O–H groups in total. The second-order valence-electron chi connectivity index (χ2n) is 4.65. The Morgan fingerprint density at radius 1 is 1.32 bits per heavy atom. The highest BCUT2D eigenvalue weighted by atomic mass is 32.2. The standard InChI is InChI=1S/C16H17NO4S/c1-3-13-11(16(19)20)8-14(21-13)15(18)17-12-7-5-4-6-10(12)9-22-2/h4-8H,3,9H2,1-2H3,(H,17,18)(H,19,20). The lowest BCUT2D eigenvalue weighted by molar-refractivity contribution is 0.0694. The molecule has 1 aromatic heterocycles. The number of aryl methyl sites for hydroxylation is 1. The largest absolute Gasteiger partial charge is 0.478 e. The topological polar surface area (TPSA) is 79.5 Å². The predicted octanol–water partition coefficient (Wildman–Crippen LogP) is 3.66. The van der Waals surface area contributed by atoms with E-state index in [9.17, 15) is 9.59 Å². The number of para-hydroxylation sites is 1. The van der Waals surface area contributed by atoms with Crippen LogP contribution >= 0.6 is 11.8 Å². The Labute approximate surface area is 132 Å². The van der Waals surface area contributed by atoms with Crippen LogP contribution in [0.15, 0.2) is 34.7 Å². The molecule has 0 aliphatic carbocycles. The lowest BCUT2D eigenvalue weighted by Gasteiger charge is -2.08. The van der Waals surface area contributed by atoms with Crippen molar-refractivity contribution in [3.63, 3.8) is 0 Å². The molecule has 116 valence electrons. The summed E-state index contributed by atoms with van der Waals surface area (Å²) in [5.41, 5.74) is 1.74. The molecule has 1 aromatic carbocycles. The number of amides is 1. The van der Waals surface area contributed by atoms with Gasteiger partial charge in [0.25, 0.3) is 5.91 Å².